The van der Waals surface area contributed by atoms with Gasteiger partial charge in [-0.25, -0.2) is 4.79 Å². The predicted molar refractivity (Wildman–Crippen MR) is 51.4 cm³/mol. The average molecular weight is 204 g/mol. The molecule has 1 atom stereocenters. The van der Waals surface area contributed by atoms with Gasteiger partial charge in [0.15, 0.2) is 0 Å². The lowest BCUT2D eigenvalue weighted by atomic mass is 10.1. The minimum Gasteiger partial charge on any atom is -0.480 e. The fourth-order valence-corrected chi connectivity index (χ4v) is 0.285. The lowest BCUT2D eigenvalue weighted by molar-refractivity contribution is -0.139. The van der Waals surface area contributed by atoms with E-state index in [1.165, 1.54) is 0 Å². The van der Waals surface area contributed by atoms with Crippen molar-refractivity contribution in [3.63, 3.8) is 0 Å². The Balaban J connectivity index is 0. The van der Waals surface area contributed by atoms with Crippen LogP contribution in [0, 0.1) is 5.92 Å². The molecule has 0 aliphatic rings. The smallest absolute Gasteiger partial charge is 0.351 e. The van der Waals surface area contributed by atoms with Crippen LogP contribution in [0.4, 0.5) is 0 Å². The van der Waals surface area contributed by atoms with Crippen molar-refractivity contribution in [2.45, 2.75) is 19.9 Å². The Morgan fingerprint density at radius 2 is 1.57 bits per heavy atom. The van der Waals surface area contributed by atoms with Gasteiger partial charge >= 0.3 is 11.9 Å². The monoisotopic (exact) mass is 204 g/mol. The minimum atomic E-state index is -1.16. The first-order valence-corrected chi connectivity index (χ1v) is 3.86. The van der Waals surface area contributed by atoms with E-state index in [-0.39, 0.29) is 11.6 Å². The van der Waals surface area contributed by atoms with Crippen LogP contribution in [-0.2, 0) is 9.59 Å². The summed E-state index contributed by atoms with van der Waals surface area (Å²) in [5, 5.41) is 16.0. The molecule has 0 bridgehead atoms. The average Bonchev–Trinajstić information content (AvgIpc) is 2.03. The van der Waals surface area contributed by atoms with Gasteiger partial charge in [-0.15, -0.1) is 0 Å². The van der Waals surface area contributed by atoms with E-state index < -0.39 is 18.0 Å². The highest BCUT2D eigenvalue weighted by Crippen LogP contribution is 1.96. The molecule has 6 heteroatoms. The lowest BCUT2D eigenvalue weighted by Crippen LogP contribution is -2.34. The Morgan fingerprint density at radius 1 is 1.29 bits per heavy atom. The van der Waals surface area contributed by atoms with Crippen molar-refractivity contribution in [1.29, 1.82) is 0 Å². The number of rotatable bonds is 3. The maximum absolute atomic E-state index is 10.0. The highest BCUT2D eigenvalue weighted by atomic mass is 16.4. The molecule has 0 aliphatic carbocycles. The molecule has 0 fully saturated rings. The zero-order valence-corrected chi connectivity index (χ0v) is 8.23. The van der Waals surface area contributed by atoms with Gasteiger partial charge in [-0.3, -0.25) is 4.79 Å². The number of carboxylic acids is 2. The first-order chi connectivity index (χ1) is 6.20. The maximum Gasteiger partial charge on any atom is 0.351 e. The van der Waals surface area contributed by atoms with Crippen LogP contribution in [0.1, 0.15) is 13.8 Å². The summed E-state index contributed by atoms with van der Waals surface area (Å²) in [4.78, 5) is 19.5. The molecular weight excluding hydrogens is 188 g/mol. The third-order valence-electron chi connectivity index (χ3n) is 1.28. The Bertz CT molecular complexity index is 213. The first kappa shape index (κ1) is 14.9. The van der Waals surface area contributed by atoms with E-state index in [9.17, 15) is 9.59 Å². The second kappa shape index (κ2) is 6.90. The Labute approximate surface area is 82.2 Å². The highest BCUT2D eigenvalue weighted by molar-refractivity contribution is 5.84. The van der Waals surface area contributed by atoms with Crippen molar-refractivity contribution < 1.29 is 19.8 Å². The quantitative estimate of drug-likeness (QED) is 0.463. The fourth-order valence-electron chi connectivity index (χ4n) is 0.285. The van der Waals surface area contributed by atoms with Gasteiger partial charge in [0.1, 0.15) is 11.7 Å². The van der Waals surface area contributed by atoms with E-state index in [1.807, 2.05) is 0 Å². The molecule has 0 radical (unpaired) electrons. The molecule has 0 saturated carbocycles. The predicted octanol–water partition coefficient (Wildman–Crippen LogP) is -0.402. The van der Waals surface area contributed by atoms with E-state index in [2.05, 4.69) is 12.3 Å². The third-order valence-corrected chi connectivity index (χ3v) is 1.28. The van der Waals surface area contributed by atoms with Gasteiger partial charge in [-0.2, -0.15) is 0 Å². The van der Waals surface area contributed by atoms with Gasteiger partial charge in [0.05, 0.1) is 0 Å². The van der Waals surface area contributed by atoms with E-state index in [4.69, 9.17) is 15.9 Å². The van der Waals surface area contributed by atoms with Crippen LogP contribution in [0.15, 0.2) is 12.3 Å². The first-order valence-electron chi connectivity index (χ1n) is 3.86. The number of aliphatic carboxylic acids is 2. The summed E-state index contributed by atoms with van der Waals surface area (Å²) in [6, 6.07) is -0.713. The Hall–Kier alpha value is -1.56. The van der Waals surface area contributed by atoms with Crippen LogP contribution in [-0.4, -0.2) is 28.2 Å². The summed E-state index contributed by atoms with van der Waals surface area (Å²) < 4.78 is 0. The number of carbonyl (C=O) groups is 2. The molecule has 0 rings (SSSR count). The summed E-state index contributed by atoms with van der Waals surface area (Å²) in [6.07, 6.45) is 0. The van der Waals surface area contributed by atoms with E-state index in [0.29, 0.717) is 0 Å². The van der Waals surface area contributed by atoms with E-state index >= 15 is 0 Å². The molecule has 0 amide bonds. The molecule has 0 aliphatic heterocycles. The SMILES string of the molecule is C=C(N)C(=O)O.CC(C)[C@H](N)C(=O)O. The normalized spacial score (nSPS) is 11.1. The number of carboxylic acid groups (broad SMARTS) is 2. The molecule has 82 valence electrons. The fraction of sp³-hybridized carbons (Fsp3) is 0.500. The molecule has 14 heavy (non-hydrogen) atoms. The summed E-state index contributed by atoms with van der Waals surface area (Å²) in [7, 11) is 0. The lowest BCUT2D eigenvalue weighted by Gasteiger charge is -2.07. The maximum atomic E-state index is 10.0. The standard InChI is InChI=1S/C5H11NO2.C3H5NO2/c1-3(2)4(6)5(7)8;1-2(4)3(5)6/h3-4H,6H2,1-2H3,(H,7,8);1,4H2,(H,5,6)/t4-;/m0./s1. The van der Waals surface area contributed by atoms with Crippen LogP contribution in [0.5, 0.6) is 0 Å². The van der Waals surface area contributed by atoms with Gasteiger partial charge in [-0.1, -0.05) is 20.4 Å². The van der Waals surface area contributed by atoms with Crippen LogP contribution in [0.25, 0.3) is 0 Å². The van der Waals surface area contributed by atoms with Crippen molar-refractivity contribution >= 4 is 11.9 Å². The van der Waals surface area contributed by atoms with Crippen molar-refractivity contribution in [2.24, 2.45) is 17.4 Å². The number of hydrogen-bond acceptors (Lipinski definition) is 4. The van der Waals surface area contributed by atoms with Crippen LogP contribution >= 0.6 is 0 Å². The molecule has 6 nitrogen and oxygen atoms in total. The van der Waals surface area contributed by atoms with Crippen LogP contribution in [0.2, 0.25) is 0 Å². The van der Waals surface area contributed by atoms with Crippen molar-refractivity contribution in [1.82, 2.24) is 0 Å². The number of nitrogens with two attached hydrogens (primary N) is 2. The summed E-state index contributed by atoms with van der Waals surface area (Å²) in [5.41, 5.74) is 9.48. The van der Waals surface area contributed by atoms with E-state index in [1.54, 1.807) is 13.8 Å². The Morgan fingerprint density at radius 3 is 1.57 bits per heavy atom. The van der Waals surface area contributed by atoms with Crippen molar-refractivity contribution in [2.75, 3.05) is 0 Å². The minimum absolute atomic E-state index is 0.0208. The summed E-state index contributed by atoms with van der Waals surface area (Å²) in [6.45, 7) is 6.49. The Kier molecular flexibility index (Phi) is 7.36. The van der Waals surface area contributed by atoms with Crippen molar-refractivity contribution in [3.8, 4) is 0 Å². The van der Waals surface area contributed by atoms with Gasteiger partial charge < -0.3 is 21.7 Å². The second-order valence-corrected chi connectivity index (χ2v) is 2.94. The molecule has 0 aromatic heterocycles. The molecule has 0 aromatic rings. The highest BCUT2D eigenvalue weighted by Gasteiger charge is 2.14. The molecule has 0 saturated heterocycles. The van der Waals surface area contributed by atoms with Crippen LogP contribution < -0.4 is 11.5 Å². The summed E-state index contributed by atoms with van der Waals surface area (Å²) >= 11 is 0. The molecule has 0 spiro atoms. The van der Waals surface area contributed by atoms with Gasteiger partial charge in [0.25, 0.3) is 0 Å². The molecular formula is C8H16N2O4. The van der Waals surface area contributed by atoms with Gasteiger partial charge in [-0.05, 0) is 5.92 Å². The van der Waals surface area contributed by atoms with Crippen molar-refractivity contribution in [3.05, 3.63) is 12.3 Å². The topological polar surface area (TPSA) is 127 Å². The second-order valence-electron chi connectivity index (χ2n) is 2.94. The summed E-state index contributed by atoms with van der Waals surface area (Å²) in [5.74, 6) is -2.07. The number of hydrogen-bond donors (Lipinski definition) is 4. The molecule has 6 N–H and O–H groups in total. The molecule has 0 heterocycles. The van der Waals surface area contributed by atoms with Gasteiger partial charge in [0, 0.05) is 0 Å². The zero-order valence-electron chi connectivity index (χ0n) is 8.23. The largest absolute Gasteiger partial charge is 0.480 e. The molecule has 0 unspecified atom stereocenters. The van der Waals surface area contributed by atoms with Gasteiger partial charge in [0.2, 0.25) is 0 Å². The molecule has 0 aromatic carbocycles. The van der Waals surface area contributed by atoms with E-state index in [0.717, 1.165) is 0 Å². The zero-order chi connectivity index (χ0) is 11.9. The van der Waals surface area contributed by atoms with Crippen LogP contribution in [0.3, 0.4) is 0 Å². The third kappa shape index (κ3) is 8.54.